The minimum absolute atomic E-state index is 0.393. The number of aromatic amines is 1. The van der Waals surface area contributed by atoms with E-state index in [-0.39, 0.29) is 0 Å². The van der Waals surface area contributed by atoms with Gasteiger partial charge in [-0.05, 0) is 0 Å². The summed E-state index contributed by atoms with van der Waals surface area (Å²) in [6, 6.07) is 0. The molecule has 1 aromatic carbocycles. The lowest BCUT2D eigenvalue weighted by Crippen LogP contribution is -2.29. The maximum Gasteiger partial charge on any atom is 0.294 e. The zero-order valence-corrected chi connectivity index (χ0v) is 11.0. The molecule has 2 aromatic rings. The van der Waals surface area contributed by atoms with E-state index >= 15 is 0 Å². The number of carbonyl (C=O) groups is 2. The van der Waals surface area contributed by atoms with Crippen molar-refractivity contribution in [1.82, 2.24) is 9.88 Å². The number of phenols is 4. The number of H-pyrrole nitrogens is 1. The van der Waals surface area contributed by atoms with Gasteiger partial charge in [0.05, 0.1) is 10.9 Å². The summed E-state index contributed by atoms with van der Waals surface area (Å²) in [5, 5.41) is 47.6. The predicted molar refractivity (Wildman–Crippen MR) is 69.6 cm³/mol. The van der Waals surface area contributed by atoms with Crippen molar-refractivity contribution in [3.63, 3.8) is 0 Å². The van der Waals surface area contributed by atoms with Gasteiger partial charge in [0.15, 0.2) is 11.5 Å². The third-order valence-electron chi connectivity index (χ3n) is 2.95. The number of benzene rings is 1. The molecule has 1 amide bonds. The number of likely N-dealkylation sites (N-methyl/N-ethyl adjacent to an activating group) is 1. The standard InChI is InChI=1S/C12H12N2O7/c1-14(2)12(21)7(16)4-3-5(13-11(4)20)8(17)10(19)9(18)6(3)15/h13,15,17-20H,1-2H3. The highest BCUT2D eigenvalue weighted by molar-refractivity contribution is 6.46. The molecule has 9 heteroatoms. The molecule has 0 saturated heterocycles. The van der Waals surface area contributed by atoms with Gasteiger partial charge in [0, 0.05) is 14.1 Å². The quantitative estimate of drug-likeness (QED) is 0.197. The van der Waals surface area contributed by atoms with Crippen molar-refractivity contribution in [1.29, 1.82) is 0 Å². The lowest BCUT2D eigenvalue weighted by atomic mass is 10.1. The number of Topliss-reactive ketones (excluding diaryl/α,β-unsaturated/α-hetero) is 1. The van der Waals surface area contributed by atoms with Gasteiger partial charge in [-0.25, -0.2) is 0 Å². The SMILES string of the molecule is CN(C)C(=O)C(=O)c1c(O)[nH]c2c(O)c(O)c(O)c(O)c12. The second kappa shape index (κ2) is 4.47. The monoisotopic (exact) mass is 296 g/mol. The van der Waals surface area contributed by atoms with Gasteiger partial charge in [-0.15, -0.1) is 0 Å². The second-order valence-corrected chi connectivity index (χ2v) is 4.52. The molecule has 0 atom stereocenters. The Balaban J connectivity index is 2.86. The highest BCUT2D eigenvalue weighted by Gasteiger charge is 2.31. The molecular formula is C12H12N2O7. The third-order valence-corrected chi connectivity index (χ3v) is 2.95. The van der Waals surface area contributed by atoms with Crippen LogP contribution in [0.3, 0.4) is 0 Å². The first-order valence-electron chi connectivity index (χ1n) is 5.64. The van der Waals surface area contributed by atoms with Crippen LogP contribution in [0.5, 0.6) is 28.9 Å². The minimum Gasteiger partial charge on any atom is -0.504 e. The summed E-state index contributed by atoms with van der Waals surface area (Å²) in [6.45, 7) is 0. The zero-order chi connectivity index (χ0) is 16.1. The molecule has 0 aliphatic rings. The number of ketones is 1. The average Bonchev–Trinajstić information content (AvgIpc) is 2.78. The number of carbonyl (C=O) groups excluding carboxylic acids is 2. The number of rotatable bonds is 2. The van der Waals surface area contributed by atoms with E-state index in [9.17, 15) is 35.1 Å². The van der Waals surface area contributed by atoms with Crippen LogP contribution < -0.4 is 0 Å². The van der Waals surface area contributed by atoms with Crippen LogP contribution in [0.4, 0.5) is 0 Å². The van der Waals surface area contributed by atoms with E-state index in [1.54, 1.807) is 0 Å². The Kier molecular flexibility index (Phi) is 3.05. The first-order valence-corrected chi connectivity index (χ1v) is 5.64. The number of amides is 1. The van der Waals surface area contributed by atoms with Gasteiger partial charge < -0.3 is 35.4 Å². The molecule has 0 radical (unpaired) electrons. The van der Waals surface area contributed by atoms with Gasteiger partial charge in [-0.1, -0.05) is 0 Å². The fourth-order valence-electron chi connectivity index (χ4n) is 1.89. The smallest absolute Gasteiger partial charge is 0.294 e. The van der Waals surface area contributed by atoms with Crippen LogP contribution in [-0.2, 0) is 4.79 Å². The van der Waals surface area contributed by atoms with Gasteiger partial charge in [0.1, 0.15) is 5.56 Å². The number of aromatic nitrogens is 1. The lowest BCUT2D eigenvalue weighted by Gasteiger charge is -2.09. The number of hydrogen-bond donors (Lipinski definition) is 6. The minimum atomic E-state index is -1.16. The summed E-state index contributed by atoms with van der Waals surface area (Å²) in [5.41, 5.74) is -1.01. The number of nitrogens with zero attached hydrogens (tertiary/aromatic N) is 1. The van der Waals surface area contributed by atoms with Gasteiger partial charge >= 0.3 is 0 Å². The highest BCUT2D eigenvalue weighted by atomic mass is 16.3. The Hall–Kier alpha value is -3.10. The molecule has 1 heterocycles. The van der Waals surface area contributed by atoms with Crippen LogP contribution in [0.25, 0.3) is 10.9 Å². The Bertz CT molecular complexity index is 776. The molecule has 0 aliphatic carbocycles. The number of hydrogen-bond acceptors (Lipinski definition) is 7. The second-order valence-electron chi connectivity index (χ2n) is 4.52. The molecule has 0 saturated carbocycles. The summed E-state index contributed by atoms with van der Waals surface area (Å²) in [4.78, 5) is 26.8. The molecule has 0 unspecified atom stereocenters. The van der Waals surface area contributed by atoms with E-state index in [0.717, 1.165) is 4.90 Å². The summed E-state index contributed by atoms with van der Waals surface area (Å²) < 4.78 is 0. The van der Waals surface area contributed by atoms with E-state index in [4.69, 9.17) is 0 Å². The molecule has 0 fully saturated rings. The van der Waals surface area contributed by atoms with Gasteiger partial charge in [0.25, 0.3) is 11.7 Å². The Morgan fingerprint density at radius 2 is 1.43 bits per heavy atom. The van der Waals surface area contributed by atoms with Crippen LogP contribution in [-0.4, -0.2) is 61.2 Å². The van der Waals surface area contributed by atoms with E-state index < -0.39 is 57.0 Å². The molecule has 1 aromatic heterocycles. The van der Waals surface area contributed by atoms with E-state index in [1.807, 2.05) is 0 Å². The number of phenolic OH excluding ortho intramolecular Hbond substituents is 4. The molecule has 21 heavy (non-hydrogen) atoms. The maximum atomic E-state index is 12.0. The molecular weight excluding hydrogens is 284 g/mol. The zero-order valence-electron chi connectivity index (χ0n) is 11.0. The van der Waals surface area contributed by atoms with Crippen molar-refractivity contribution in [2.24, 2.45) is 0 Å². The molecule has 0 bridgehead atoms. The average molecular weight is 296 g/mol. The van der Waals surface area contributed by atoms with Crippen molar-refractivity contribution in [2.75, 3.05) is 14.1 Å². The first kappa shape index (κ1) is 14.3. The summed E-state index contributed by atoms with van der Waals surface area (Å²) in [7, 11) is 2.62. The first-order chi connectivity index (χ1) is 9.68. The molecule has 0 aliphatic heterocycles. The van der Waals surface area contributed by atoms with Crippen molar-refractivity contribution >= 4 is 22.6 Å². The Labute approximate surface area is 117 Å². The fraction of sp³-hybridized carbons (Fsp3) is 0.167. The summed E-state index contributed by atoms with van der Waals surface area (Å²) >= 11 is 0. The van der Waals surface area contributed by atoms with E-state index in [0.29, 0.717) is 0 Å². The van der Waals surface area contributed by atoms with E-state index in [2.05, 4.69) is 4.98 Å². The normalized spacial score (nSPS) is 10.8. The molecule has 6 N–H and O–H groups in total. The molecule has 9 nitrogen and oxygen atoms in total. The number of fused-ring (bicyclic) bond motifs is 1. The van der Waals surface area contributed by atoms with Gasteiger partial charge in [-0.2, -0.15) is 0 Å². The van der Waals surface area contributed by atoms with Gasteiger partial charge in [-0.3, -0.25) is 9.59 Å². The molecule has 112 valence electrons. The largest absolute Gasteiger partial charge is 0.504 e. The summed E-state index contributed by atoms with van der Waals surface area (Å²) in [6.07, 6.45) is 0. The number of nitrogens with one attached hydrogen (secondary N) is 1. The van der Waals surface area contributed by atoms with Crippen LogP contribution in [0.2, 0.25) is 0 Å². The van der Waals surface area contributed by atoms with Crippen molar-refractivity contribution < 1.29 is 35.1 Å². The van der Waals surface area contributed by atoms with Crippen LogP contribution in [0.15, 0.2) is 0 Å². The van der Waals surface area contributed by atoms with Gasteiger partial charge in [0.2, 0.25) is 17.4 Å². The van der Waals surface area contributed by atoms with Crippen molar-refractivity contribution in [3.8, 4) is 28.9 Å². The van der Waals surface area contributed by atoms with E-state index in [1.165, 1.54) is 14.1 Å². The van der Waals surface area contributed by atoms with Crippen molar-refractivity contribution in [3.05, 3.63) is 5.56 Å². The van der Waals surface area contributed by atoms with Crippen molar-refractivity contribution in [2.45, 2.75) is 0 Å². The Morgan fingerprint density at radius 3 is 1.95 bits per heavy atom. The third kappa shape index (κ3) is 1.86. The van der Waals surface area contributed by atoms with Crippen LogP contribution in [0, 0.1) is 0 Å². The Morgan fingerprint density at radius 1 is 0.905 bits per heavy atom. The fourth-order valence-corrected chi connectivity index (χ4v) is 1.89. The predicted octanol–water partition coefficient (Wildman–Crippen LogP) is -0.0332. The molecule has 0 spiro atoms. The maximum absolute atomic E-state index is 12.0. The van der Waals surface area contributed by atoms with Crippen LogP contribution in [0.1, 0.15) is 10.4 Å². The van der Waals surface area contributed by atoms with Crippen LogP contribution >= 0.6 is 0 Å². The highest BCUT2D eigenvalue weighted by Crippen LogP contribution is 2.50. The molecule has 2 rings (SSSR count). The number of aromatic hydroxyl groups is 5. The summed E-state index contributed by atoms with van der Waals surface area (Å²) in [5.74, 6) is -6.88. The lowest BCUT2D eigenvalue weighted by molar-refractivity contribution is -0.124. The topological polar surface area (TPSA) is 154 Å².